The molecule has 0 amide bonds. The zero-order chi connectivity index (χ0) is 14.0. The van der Waals surface area contributed by atoms with Crippen molar-refractivity contribution in [1.29, 1.82) is 5.26 Å². The molecule has 3 aliphatic carbocycles. The van der Waals surface area contributed by atoms with E-state index < -0.39 is 0 Å². The first-order chi connectivity index (χ1) is 9.49. The van der Waals surface area contributed by atoms with Crippen molar-refractivity contribution in [3.63, 3.8) is 0 Å². The Morgan fingerprint density at radius 3 is 2.70 bits per heavy atom. The van der Waals surface area contributed by atoms with Gasteiger partial charge in [0.15, 0.2) is 0 Å². The molecule has 1 aliphatic heterocycles. The molecule has 2 nitrogen and oxygen atoms in total. The van der Waals surface area contributed by atoms with E-state index in [1.807, 2.05) is 0 Å². The van der Waals surface area contributed by atoms with Crippen molar-refractivity contribution in [3.05, 3.63) is 35.4 Å². The number of nitrogens with zero attached hydrogens (tertiary/aromatic N) is 1. The van der Waals surface area contributed by atoms with E-state index in [-0.39, 0.29) is 21.7 Å². The Morgan fingerprint density at radius 1 is 1.20 bits per heavy atom. The fourth-order valence-corrected chi connectivity index (χ4v) is 6.64. The molecule has 0 aromatic heterocycles. The van der Waals surface area contributed by atoms with Crippen LogP contribution >= 0.6 is 0 Å². The maximum absolute atomic E-state index is 10.1. The smallest absolute Gasteiger partial charge is 0.0954 e. The summed E-state index contributed by atoms with van der Waals surface area (Å²) in [6.45, 7) is 8.74. The quantitative estimate of drug-likeness (QED) is 0.721. The standard InChI is InChI=1S/C18H19NO/c1-15(2)13-11-6-4-5-7-12(11)17(8-19)14(13)18(17)10-20-9-16(15,18)3/h4-7,13-14H,9-10H2,1-3H3/t13-,14-,16+,17-,18?/m0/s1. The van der Waals surface area contributed by atoms with Crippen LogP contribution < -0.4 is 0 Å². The lowest BCUT2D eigenvalue weighted by Crippen LogP contribution is -2.43. The highest BCUT2D eigenvalue weighted by molar-refractivity contribution is 5.66. The van der Waals surface area contributed by atoms with Gasteiger partial charge in [0.25, 0.3) is 0 Å². The van der Waals surface area contributed by atoms with Gasteiger partial charge in [-0.2, -0.15) is 5.26 Å². The Bertz CT molecular complexity index is 702. The molecule has 1 aromatic carbocycles. The van der Waals surface area contributed by atoms with Gasteiger partial charge in [0, 0.05) is 16.7 Å². The fraction of sp³-hybridized carbons (Fsp3) is 0.611. The lowest BCUT2D eigenvalue weighted by Gasteiger charge is -2.44. The SMILES string of the molecule is CC1(C)[C@H]2c3ccccc3[C@@]3(C#N)[C@H]2C32COC[C@]12C. The summed E-state index contributed by atoms with van der Waals surface area (Å²) in [4.78, 5) is 0. The Balaban J connectivity index is 1.90. The molecule has 20 heavy (non-hydrogen) atoms. The van der Waals surface area contributed by atoms with Gasteiger partial charge in [0.2, 0.25) is 0 Å². The highest BCUT2D eigenvalue weighted by Gasteiger charge is 2.96. The summed E-state index contributed by atoms with van der Waals surface area (Å²) >= 11 is 0. The Labute approximate surface area is 119 Å². The summed E-state index contributed by atoms with van der Waals surface area (Å²) in [7, 11) is 0. The number of nitriles is 1. The van der Waals surface area contributed by atoms with Crippen molar-refractivity contribution < 1.29 is 4.74 Å². The molecule has 2 saturated carbocycles. The van der Waals surface area contributed by atoms with Gasteiger partial charge in [0.1, 0.15) is 0 Å². The minimum atomic E-state index is -0.269. The van der Waals surface area contributed by atoms with Crippen molar-refractivity contribution in [2.75, 3.05) is 13.2 Å². The molecule has 4 aliphatic rings. The second kappa shape index (κ2) is 2.70. The highest BCUT2D eigenvalue weighted by Crippen LogP contribution is 2.95. The summed E-state index contributed by atoms with van der Waals surface area (Å²) in [5, 5.41) is 10.1. The minimum absolute atomic E-state index is 0.0667. The molecule has 2 heteroatoms. The first-order valence-electron chi connectivity index (χ1n) is 7.57. The monoisotopic (exact) mass is 265 g/mol. The second-order valence-electron chi connectivity index (χ2n) is 7.98. The van der Waals surface area contributed by atoms with Crippen molar-refractivity contribution in [2.24, 2.45) is 22.2 Å². The molecule has 5 atom stereocenters. The van der Waals surface area contributed by atoms with Crippen molar-refractivity contribution in [2.45, 2.75) is 32.1 Å². The van der Waals surface area contributed by atoms with Gasteiger partial charge in [0.05, 0.1) is 24.7 Å². The predicted octanol–water partition coefficient (Wildman–Crippen LogP) is 3.24. The lowest BCUT2D eigenvalue weighted by atomic mass is 9.58. The summed E-state index contributed by atoms with van der Waals surface area (Å²) in [5.41, 5.74) is 2.85. The molecule has 1 aromatic rings. The van der Waals surface area contributed by atoms with E-state index in [0.29, 0.717) is 11.8 Å². The molecule has 0 N–H and O–H groups in total. The first-order valence-corrected chi connectivity index (χ1v) is 7.57. The van der Waals surface area contributed by atoms with Crippen LogP contribution in [0.3, 0.4) is 0 Å². The number of rotatable bonds is 0. The van der Waals surface area contributed by atoms with Crippen molar-refractivity contribution in [1.82, 2.24) is 0 Å². The molecule has 0 bridgehead atoms. The number of fused-ring (bicyclic) bond motifs is 3. The molecule has 1 heterocycles. The van der Waals surface area contributed by atoms with E-state index in [9.17, 15) is 5.26 Å². The zero-order valence-electron chi connectivity index (χ0n) is 12.2. The number of ether oxygens (including phenoxy) is 1. The van der Waals surface area contributed by atoms with E-state index in [1.54, 1.807) is 0 Å². The van der Waals surface area contributed by atoms with Gasteiger partial charge < -0.3 is 4.74 Å². The Kier molecular flexibility index (Phi) is 1.53. The topological polar surface area (TPSA) is 33.0 Å². The molecule has 5 rings (SSSR count). The van der Waals surface area contributed by atoms with E-state index >= 15 is 0 Å². The first kappa shape index (κ1) is 11.3. The van der Waals surface area contributed by atoms with Gasteiger partial charge in [-0.15, -0.1) is 0 Å². The van der Waals surface area contributed by atoms with E-state index in [4.69, 9.17) is 4.74 Å². The molecule has 1 unspecified atom stereocenters. The Morgan fingerprint density at radius 2 is 1.95 bits per heavy atom. The van der Waals surface area contributed by atoms with Gasteiger partial charge in [-0.05, 0) is 22.5 Å². The number of benzene rings is 1. The van der Waals surface area contributed by atoms with Crippen LogP contribution in [0, 0.1) is 33.5 Å². The number of hydrogen-bond donors (Lipinski definition) is 0. The molecule has 102 valence electrons. The number of hydrogen-bond acceptors (Lipinski definition) is 2. The van der Waals surface area contributed by atoms with Crippen molar-refractivity contribution in [3.8, 4) is 6.07 Å². The molecule has 3 fully saturated rings. The van der Waals surface area contributed by atoms with Gasteiger partial charge in [-0.3, -0.25) is 0 Å². The largest absolute Gasteiger partial charge is 0.380 e. The fourth-order valence-electron chi connectivity index (χ4n) is 6.64. The predicted molar refractivity (Wildman–Crippen MR) is 75.1 cm³/mol. The van der Waals surface area contributed by atoms with E-state index in [2.05, 4.69) is 51.1 Å². The summed E-state index contributed by atoms with van der Waals surface area (Å²) in [6, 6.07) is 11.4. The van der Waals surface area contributed by atoms with Crippen LogP contribution in [0.2, 0.25) is 0 Å². The maximum atomic E-state index is 10.1. The summed E-state index contributed by atoms with van der Waals surface area (Å²) in [5.74, 6) is 0.993. The third-order valence-corrected chi connectivity index (χ3v) is 7.75. The summed E-state index contributed by atoms with van der Waals surface area (Å²) in [6.07, 6.45) is 0. The minimum Gasteiger partial charge on any atom is -0.380 e. The molecular formula is C18H19NO. The Hall–Kier alpha value is -1.33. The second-order valence-corrected chi connectivity index (χ2v) is 7.98. The lowest BCUT2D eigenvalue weighted by molar-refractivity contribution is 0.0415. The maximum Gasteiger partial charge on any atom is 0.0954 e. The van der Waals surface area contributed by atoms with Crippen molar-refractivity contribution >= 4 is 0 Å². The van der Waals surface area contributed by atoms with Crippen LogP contribution in [0.25, 0.3) is 0 Å². The average Bonchev–Trinajstić information content (AvgIpc) is 2.67. The van der Waals surface area contributed by atoms with Crippen LogP contribution in [0.4, 0.5) is 0 Å². The van der Waals surface area contributed by atoms with Gasteiger partial charge in [-0.1, -0.05) is 45.0 Å². The van der Waals surface area contributed by atoms with Crippen LogP contribution in [-0.2, 0) is 10.2 Å². The van der Waals surface area contributed by atoms with Crippen LogP contribution in [0.5, 0.6) is 0 Å². The normalized spacial score (nSPS) is 52.1. The van der Waals surface area contributed by atoms with Gasteiger partial charge in [-0.25, -0.2) is 0 Å². The molecule has 1 saturated heterocycles. The summed E-state index contributed by atoms with van der Waals surface area (Å²) < 4.78 is 5.94. The van der Waals surface area contributed by atoms with E-state index in [1.165, 1.54) is 11.1 Å². The van der Waals surface area contributed by atoms with Crippen LogP contribution in [0.15, 0.2) is 24.3 Å². The molecular weight excluding hydrogens is 246 g/mol. The van der Waals surface area contributed by atoms with Crippen LogP contribution in [0.1, 0.15) is 37.8 Å². The van der Waals surface area contributed by atoms with Crippen LogP contribution in [-0.4, -0.2) is 13.2 Å². The van der Waals surface area contributed by atoms with E-state index in [0.717, 1.165) is 13.2 Å². The van der Waals surface area contributed by atoms with Gasteiger partial charge >= 0.3 is 0 Å². The molecule has 0 radical (unpaired) electrons. The zero-order valence-corrected chi connectivity index (χ0v) is 12.2. The third-order valence-electron chi connectivity index (χ3n) is 7.75. The molecule has 1 spiro atoms. The third kappa shape index (κ3) is 0.679. The highest BCUT2D eigenvalue weighted by atomic mass is 16.5. The average molecular weight is 265 g/mol.